The summed E-state index contributed by atoms with van der Waals surface area (Å²) in [7, 11) is 4.10. The van der Waals surface area contributed by atoms with Crippen molar-refractivity contribution in [2.24, 2.45) is 0 Å². The topological polar surface area (TPSA) is 15.3 Å². The zero-order valence-electron chi connectivity index (χ0n) is 11.0. The average molecular weight is 384 g/mol. The number of benzene rings is 2. The van der Waals surface area contributed by atoms with Crippen molar-refractivity contribution in [2.75, 3.05) is 24.3 Å². The Labute approximate surface area is 131 Å². The Bertz CT molecular complexity index is 568. The van der Waals surface area contributed by atoms with E-state index in [9.17, 15) is 0 Å². The molecule has 0 saturated heterocycles. The Balaban J connectivity index is 2.19. The van der Waals surface area contributed by atoms with Gasteiger partial charge in [-0.2, -0.15) is 0 Å². The lowest BCUT2D eigenvalue weighted by atomic mass is 10.2. The van der Waals surface area contributed by atoms with Crippen LogP contribution in [0.15, 0.2) is 51.4 Å². The molecular weight excluding hydrogens is 368 g/mol. The maximum atomic E-state index is 3.57. The van der Waals surface area contributed by atoms with Crippen molar-refractivity contribution in [3.8, 4) is 0 Å². The maximum Gasteiger partial charge on any atom is 0.0597 e. The molecule has 0 atom stereocenters. The molecule has 19 heavy (non-hydrogen) atoms. The van der Waals surface area contributed by atoms with Crippen LogP contribution in [0.3, 0.4) is 0 Å². The second-order valence-electron chi connectivity index (χ2n) is 4.50. The minimum absolute atomic E-state index is 0.790. The van der Waals surface area contributed by atoms with Crippen LogP contribution >= 0.6 is 31.9 Å². The summed E-state index contributed by atoms with van der Waals surface area (Å²) in [6.07, 6.45) is 0. The molecule has 0 radical (unpaired) electrons. The smallest absolute Gasteiger partial charge is 0.0597 e. The Morgan fingerprint density at radius 2 is 1.79 bits per heavy atom. The van der Waals surface area contributed by atoms with Crippen LogP contribution in [0.4, 0.5) is 11.4 Å². The summed E-state index contributed by atoms with van der Waals surface area (Å²) in [4.78, 5) is 2.11. The van der Waals surface area contributed by atoms with Crippen molar-refractivity contribution in [3.63, 3.8) is 0 Å². The van der Waals surface area contributed by atoms with Crippen LogP contribution in [0, 0.1) is 0 Å². The van der Waals surface area contributed by atoms with Crippen molar-refractivity contribution in [1.29, 1.82) is 0 Å². The van der Waals surface area contributed by atoms with Crippen LogP contribution in [0.1, 0.15) is 5.56 Å². The molecular formula is C15H16Br2N2. The van der Waals surface area contributed by atoms with Gasteiger partial charge in [0.15, 0.2) is 0 Å². The number of nitrogens with zero attached hydrogens (tertiary/aromatic N) is 1. The SMILES string of the molecule is CN(C)c1ccc(Br)cc1NCc1ccccc1Br. The highest BCUT2D eigenvalue weighted by atomic mass is 79.9. The van der Waals surface area contributed by atoms with E-state index in [2.05, 4.69) is 78.5 Å². The Morgan fingerprint density at radius 1 is 1.05 bits per heavy atom. The fourth-order valence-electron chi connectivity index (χ4n) is 1.87. The van der Waals surface area contributed by atoms with Crippen molar-refractivity contribution in [2.45, 2.75) is 6.54 Å². The third-order valence-electron chi connectivity index (χ3n) is 2.87. The lowest BCUT2D eigenvalue weighted by molar-refractivity contribution is 1.09. The monoisotopic (exact) mass is 382 g/mol. The lowest BCUT2D eigenvalue weighted by Gasteiger charge is -2.19. The summed E-state index contributed by atoms with van der Waals surface area (Å²) in [5.74, 6) is 0. The summed E-state index contributed by atoms with van der Waals surface area (Å²) in [5, 5.41) is 3.49. The van der Waals surface area contributed by atoms with Gasteiger partial charge in [0.25, 0.3) is 0 Å². The molecule has 0 aliphatic carbocycles. The zero-order chi connectivity index (χ0) is 13.8. The van der Waals surface area contributed by atoms with Gasteiger partial charge in [-0.25, -0.2) is 0 Å². The third kappa shape index (κ3) is 3.74. The standard InChI is InChI=1S/C15H16Br2N2/c1-19(2)15-8-7-12(16)9-14(15)18-10-11-5-3-4-6-13(11)17/h3-9,18H,10H2,1-2H3. The number of halogens is 2. The molecule has 0 amide bonds. The van der Waals surface area contributed by atoms with E-state index in [-0.39, 0.29) is 0 Å². The van der Waals surface area contributed by atoms with Crippen LogP contribution < -0.4 is 10.2 Å². The molecule has 1 N–H and O–H groups in total. The van der Waals surface area contributed by atoms with E-state index in [4.69, 9.17) is 0 Å². The Hall–Kier alpha value is -1.00. The zero-order valence-corrected chi connectivity index (χ0v) is 14.1. The minimum Gasteiger partial charge on any atom is -0.379 e. The van der Waals surface area contributed by atoms with Crippen LogP contribution in [0.5, 0.6) is 0 Å². The molecule has 0 aliphatic rings. The highest BCUT2D eigenvalue weighted by Gasteiger charge is 2.06. The fourth-order valence-corrected chi connectivity index (χ4v) is 2.66. The van der Waals surface area contributed by atoms with Crippen LogP contribution in [-0.4, -0.2) is 14.1 Å². The normalized spacial score (nSPS) is 10.3. The number of hydrogen-bond donors (Lipinski definition) is 1. The molecule has 0 fully saturated rings. The highest BCUT2D eigenvalue weighted by Crippen LogP contribution is 2.29. The van der Waals surface area contributed by atoms with Gasteiger partial charge in [0.1, 0.15) is 0 Å². The lowest BCUT2D eigenvalue weighted by Crippen LogP contribution is -2.12. The largest absolute Gasteiger partial charge is 0.379 e. The van der Waals surface area contributed by atoms with E-state index in [0.29, 0.717) is 0 Å². The first-order valence-electron chi connectivity index (χ1n) is 6.02. The van der Waals surface area contributed by atoms with Gasteiger partial charge < -0.3 is 10.2 Å². The van der Waals surface area contributed by atoms with Gasteiger partial charge >= 0.3 is 0 Å². The van der Waals surface area contributed by atoms with E-state index >= 15 is 0 Å². The molecule has 2 nitrogen and oxygen atoms in total. The first kappa shape index (κ1) is 14.4. The van der Waals surface area contributed by atoms with E-state index in [0.717, 1.165) is 21.2 Å². The molecule has 0 heterocycles. The number of anilines is 2. The second kappa shape index (κ2) is 6.44. The number of hydrogen-bond acceptors (Lipinski definition) is 2. The van der Waals surface area contributed by atoms with Gasteiger partial charge in [0.05, 0.1) is 11.4 Å². The Kier molecular flexibility index (Phi) is 4.88. The molecule has 0 spiro atoms. The maximum absolute atomic E-state index is 3.57. The quantitative estimate of drug-likeness (QED) is 0.808. The molecule has 0 saturated carbocycles. The van der Waals surface area contributed by atoms with Gasteiger partial charge in [-0.1, -0.05) is 50.1 Å². The van der Waals surface area contributed by atoms with Crippen molar-refractivity contribution < 1.29 is 0 Å². The first-order chi connectivity index (χ1) is 9.08. The van der Waals surface area contributed by atoms with Gasteiger partial charge in [-0.05, 0) is 29.8 Å². The van der Waals surface area contributed by atoms with Gasteiger partial charge in [-0.3, -0.25) is 0 Å². The predicted octanol–water partition coefficient (Wildman–Crippen LogP) is 4.89. The molecule has 100 valence electrons. The summed E-state index contributed by atoms with van der Waals surface area (Å²) in [5.41, 5.74) is 3.54. The van der Waals surface area contributed by atoms with E-state index in [1.54, 1.807) is 0 Å². The molecule has 0 aromatic heterocycles. The summed E-state index contributed by atoms with van der Waals surface area (Å²) in [6.45, 7) is 0.790. The van der Waals surface area contributed by atoms with E-state index in [1.807, 2.05) is 20.2 Å². The molecule has 2 rings (SSSR count). The molecule has 0 aliphatic heterocycles. The highest BCUT2D eigenvalue weighted by molar-refractivity contribution is 9.10. The van der Waals surface area contributed by atoms with Crippen molar-refractivity contribution >= 4 is 43.2 Å². The van der Waals surface area contributed by atoms with Crippen molar-refractivity contribution in [3.05, 3.63) is 57.0 Å². The van der Waals surface area contributed by atoms with Crippen LogP contribution in [0.2, 0.25) is 0 Å². The second-order valence-corrected chi connectivity index (χ2v) is 6.27. The average Bonchev–Trinajstić information content (AvgIpc) is 2.37. The number of nitrogens with one attached hydrogen (secondary N) is 1. The van der Waals surface area contributed by atoms with Gasteiger partial charge in [0.2, 0.25) is 0 Å². The molecule has 2 aromatic rings. The first-order valence-corrected chi connectivity index (χ1v) is 7.60. The van der Waals surface area contributed by atoms with E-state index in [1.165, 1.54) is 11.3 Å². The van der Waals surface area contributed by atoms with Crippen molar-refractivity contribution in [1.82, 2.24) is 0 Å². The minimum atomic E-state index is 0.790. The Morgan fingerprint density at radius 3 is 2.47 bits per heavy atom. The van der Waals surface area contributed by atoms with Crippen LogP contribution in [0.25, 0.3) is 0 Å². The fraction of sp³-hybridized carbons (Fsp3) is 0.200. The van der Waals surface area contributed by atoms with Gasteiger partial charge in [0, 0.05) is 29.6 Å². The summed E-state index contributed by atoms with van der Waals surface area (Å²) in [6, 6.07) is 14.5. The third-order valence-corrected chi connectivity index (χ3v) is 4.13. The summed E-state index contributed by atoms with van der Waals surface area (Å²) >= 11 is 7.09. The molecule has 0 unspecified atom stereocenters. The molecule has 4 heteroatoms. The number of rotatable bonds is 4. The van der Waals surface area contributed by atoms with Crippen LogP contribution in [-0.2, 0) is 6.54 Å². The van der Waals surface area contributed by atoms with Gasteiger partial charge in [-0.15, -0.1) is 0 Å². The molecule has 2 aromatic carbocycles. The van der Waals surface area contributed by atoms with E-state index < -0.39 is 0 Å². The summed E-state index contributed by atoms with van der Waals surface area (Å²) < 4.78 is 2.21. The predicted molar refractivity (Wildman–Crippen MR) is 89.9 cm³/mol. The molecule has 0 bridgehead atoms.